The van der Waals surface area contributed by atoms with Crippen molar-refractivity contribution in [2.75, 3.05) is 7.11 Å². The molecule has 4 heteroatoms. The summed E-state index contributed by atoms with van der Waals surface area (Å²) in [5.74, 6) is -0.312. The second kappa shape index (κ2) is 7.05. The molecule has 0 amide bonds. The molecule has 0 radical (unpaired) electrons. The molecule has 2 atom stereocenters. The third-order valence-electron chi connectivity index (χ3n) is 4.01. The summed E-state index contributed by atoms with van der Waals surface area (Å²) in [5, 5.41) is 13.9. The maximum absolute atomic E-state index is 11.6. The Morgan fingerprint density at radius 1 is 1.33 bits per heavy atom. The highest BCUT2D eigenvalue weighted by molar-refractivity contribution is 5.70. The Bertz CT molecular complexity index is 499. The lowest BCUT2D eigenvalue weighted by Gasteiger charge is -2.26. The molecule has 0 saturated carbocycles. The quantitative estimate of drug-likeness (QED) is 0.788. The normalized spacial score (nSPS) is 16.6. The second-order valence-corrected chi connectivity index (χ2v) is 6.03. The molecule has 0 spiro atoms. The molecular weight excluding hydrogens is 266 g/mol. The van der Waals surface area contributed by atoms with Crippen LogP contribution in [0.1, 0.15) is 49.5 Å². The van der Waals surface area contributed by atoms with Crippen LogP contribution in [0.15, 0.2) is 18.2 Å². The number of aliphatic hydroxyl groups is 1. The molecule has 1 aromatic rings. The van der Waals surface area contributed by atoms with E-state index in [9.17, 15) is 9.90 Å². The molecule has 1 aliphatic rings. The first-order chi connectivity index (χ1) is 10.0. The van der Waals surface area contributed by atoms with E-state index in [1.54, 1.807) is 0 Å². The number of hydrogen-bond donors (Lipinski definition) is 2. The van der Waals surface area contributed by atoms with Crippen molar-refractivity contribution in [3.8, 4) is 0 Å². The van der Waals surface area contributed by atoms with Crippen LogP contribution < -0.4 is 5.32 Å². The maximum Gasteiger partial charge on any atom is 0.307 e. The van der Waals surface area contributed by atoms with Gasteiger partial charge >= 0.3 is 5.97 Å². The molecule has 4 nitrogen and oxygen atoms in total. The zero-order chi connectivity index (χ0) is 15.4. The van der Waals surface area contributed by atoms with Crippen LogP contribution in [-0.2, 0) is 22.4 Å². The third kappa shape index (κ3) is 4.05. The van der Waals surface area contributed by atoms with Crippen molar-refractivity contribution in [2.24, 2.45) is 0 Å². The van der Waals surface area contributed by atoms with Gasteiger partial charge in [-0.2, -0.15) is 0 Å². The number of fused-ring (bicyclic) bond motifs is 1. The Morgan fingerprint density at radius 2 is 2.05 bits per heavy atom. The van der Waals surface area contributed by atoms with Crippen LogP contribution in [-0.4, -0.2) is 30.3 Å². The van der Waals surface area contributed by atoms with Crippen molar-refractivity contribution < 1.29 is 14.6 Å². The monoisotopic (exact) mass is 291 g/mol. The van der Waals surface area contributed by atoms with Gasteiger partial charge in [-0.3, -0.25) is 4.79 Å². The summed E-state index contributed by atoms with van der Waals surface area (Å²) in [5.41, 5.74) is 3.58. The number of methoxy groups -OCH3 is 1. The topological polar surface area (TPSA) is 58.6 Å². The summed E-state index contributed by atoms with van der Waals surface area (Å²) in [6.45, 7) is 4.00. The number of nitrogens with one attached hydrogen (secondary N) is 1. The molecule has 21 heavy (non-hydrogen) atoms. The first-order valence-electron chi connectivity index (χ1n) is 7.64. The number of esters is 1. The van der Waals surface area contributed by atoms with Crippen LogP contribution in [0.3, 0.4) is 0 Å². The van der Waals surface area contributed by atoms with E-state index in [0.717, 1.165) is 18.4 Å². The molecule has 0 aliphatic heterocycles. The standard InChI is InChI=1S/C17H25NO3/c1-11(2)18-15(10-16(19)21-3)17(20)14-8-7-12-5-4-6-13(12)9-14/h7-9,11,15,17-18,20H,4-6,10H2,1-3H3. The predicted molar refractivity (Wildman–Crippen MR) is 82.1 cm³/mol. The Labute approximate surface area is 126 Å². The molecular formula is C17H25NO3. The maximum atomic E-state index is 11.6. The fourth-order valence-electron chi connectivity index (χ4n) is 2.96. The number of benzene rings is 1. The summed E-state index contributed by atoms with van der Waals surface area (Å²) in [6, 6.07) is 6.01. The summed E-state index contributed by atoms with van der Waals surface area (Å²) < 4.78 is 4.73. The summed E-state index contributed by atoms with van der Waals surface area (Å²) >= 11 is 0. The van der Waals surface area contributed by atoms with E-state index >= 15 is 0 Å². The molecule has 116 valence electrons. The molecule has 0 aromatic heterocycles. The summed E-state index contributed by atoms with van der Waals surface area (Å²) in [6.07, 6.45) is 2.84. The van der Waals surface area contributed by atoms with E-state index in [2.05, 4.69) is 17.4 Å². The van der Waals surface area contributed by atoms with Crippen LogP contribution in [0.2, 0.25) is 0 Å². The number of hydrogen-bond acceptors (Lipinski definition) is 4. The minimum atomic E-state index is -0.711. The van der Waals surface area contributed by atoms with E-state index in [1.165, 1.54) is 24.7 Å². The van der Waals surface area contributed by atoms with Gasteiger partial charge in [0.15, 0.2) is 0 Å². The highest BCUT2D eigenvalue weighted by Gasteiger charge is 2.25. The Kier molecular flexibility index (Phi) is 5.37. The highest BCUT2D eigenvalue weighted by atomic mass is 16.5. The van der Waals surface area contributed by atoms with Gasteiger partial charge in [0.2, 0.25) is 0 Å². The fourth-order valence-corrected chi connectivity index (χ4v) is 2.96. The van der Waals surface area contributed by atoms with Gasteiger partial charge in [-0.25, -0.2) is 0 Å². The first kappa shape index (κ1) is 16.0. The first-order valence-corrected chi connectivity index (χ1v) is 7.64. The van der Waals surface area contributed by atoms with E-state index in [-0.39, 0.29) is 24.5 Å². The van der Waals surface area contributed by atoms with E-state index in [1.807, 2.05) is 19.9 Å². The lowest BCUT2D eigenvalue weighted by Crippen LogP contribution is -2.41. The van der Waals surface area contributed by atoms with Crippen molar-refractivity contribution in [3.05, 3.63) is 34.9 Å². The Hall–Kier alpha value is -1.39. The average Bonchev–Trinajstić information content (AvgIpc) is 2.92. The molecule has 0 fully saturated rings. The average molecular weight is 291 g/mol. The largest absolute Gasteiger partial charge is 0.469 e. The van der Waals surface area contributed by atoms with E-state index < -0.39 is 6.10 Å². The van der Waals surface area contributed by atoms with Crippen molar-refractivity contribution in [1.29, 1.82) is 0 Å². The number of aliphatic hydroxyl groups excluding tert-OH is 1. The molecule has 2 N–H and O–H groups in total. The van der Waals surface area contributed by atoms with Crippen molar-refractivity contribution >= 4 is 5.97 Å². The highest BCUT2D eigenvalue weighted by Crippen LogP contribution is 2.27. The smallest absolute Gasteiger partial charge is 0.307 e. The Morgan fingerprint density at radius 3 is 2.71 bits per heavy atom. The third-order valence-corrected chi connectivity index (χ3v) is 4.01. The van der Waals surface area contributed by atoms with E-state index in [0.29, 0.717) is 0 Å². The van der Waals surface area contributed by atoms with Crippen LogP contribution in [0.5, 0.6) is 0 Å². The molecule has 1 aliphatic carbocycles. The minimum absolute atomic E-state index is 0.160. The van der Waals surface area contributed by atoms with Crippen molar-refractivity contribution in [2.45, 2.75) is 57.7 Å². The number of ether oxygens (including phenoxy) is 1. The van der Waals surface area contributed by atoms with Crippen LogP contribution in [0, 0.1) is 0 Å². The van der Waals surface area contributed by atoms with Gasteiger partial charge in [0.25, 0.3) is 0 Å². The van der Waals surface area contributed by atoms with Crippen LogP contribution in [0.25, 0.3) is 0 Å². The summed E-state index contributed by atoms with van der Waals surface area (Å²) in [4.78, 5) is 11.6. The SMILES string of the molecule is COC(=O)CC(NC(C)C)C(O)c1ccc2c(c1)CCC2. The number of aryl methyl sites for hydroxylation is 2. The molecule has 2 unspecified atom stereocenters. The fraction of sp³-hybridized carbons (Fsp3) is 0.588. The lowest BCUT2D eigenvalue weighted by atomic mass is 9.96. The minimum Gasteiger partial charge on any atom is -0.469 e. The van der Waals surface area contributed by atoms with Gasteiger partial charge in [-0.05, 0) is 36.0 Å². The number of carbonyl (C=O) groups excluding carboxylic acids is 1. The van der Waals surface area contributed by atoms with Gasteiger partial charge in [0.1, 0.15) is 0 Å². The lowest BCUT2D eigenvalue weighted by molar-refractivity contribution is -0.142. The predicted octanol–water partition coefficient (Wildman–Crippen LogP) is 2.14. The van der Waals surface area contributed by atoms with Gasteiger partial charge in [0, 0.05) is 12.1 Å². The molecule has 0 saturated heterocycles. The number of rotatable bonds is 6. The molecule has 1 aromatic carbocycles. The molecule has 0 heterocycles. The van der Waals surface area contributed by atoms with Crippen LogP contribution in [0.4, 0.5) is 0 Å². The zero-order valence-electron chi connectivity index (χ0n) is 13.1. The Balaban J connectivity index is 2.16. The van der Waals surface area contributed by atoms with Gasteiger partial charge in [0.05, 0.1) is 19.6 Å². The summed E-state index contributed by atoms with van der Waals surface area (Å²) in [7, 11) is 1.37. The molecule has 2 rings (SSSR count). The van der Waals surface area contributed by atoms with Gasteiger partial charge < -0.3 is 15.2 Å². The second-order valence-electron chi connectivity index (χ2n) is 6.03. The zero-order valence-corrected chi connectivity index (χ0v) is 13.1. The van der Waals surface area contributed by atoms with E-state index in [4.69, 9.17) is 4.74 Å². The van der Waals surface area contributed by atoms with Crippen molar-refractivity contribution in [3.63, 3.8) is 0 Å². The van der Waals surface area contributed by atoms with Crippen molar-refractivity contribution in [1.82, 2.24) is 5.32 Å². The van der Waals surface area contributed by atoms with Gasteiger partial charge in [-0.15, -0.1) is 0 Å². The van der Waals surface area contributed by atoms with Crippen LogP contribution >= 0.6 is 0 Å². The van der Waals surface area contributed by atoms with Gasteiger partial charge in [-0.1, -0.05) is 32.0 Å². The molecule has 0 bridgehead atoms. The number of carbonyl (C=O) groups is 1.